The summed E-state index contributed by atoms with van der Waals surface area (Å²) in [6.07, 6.45) is 1.44. The monoisotopic (exact) mass is 241 g/mol. The van der Waals surface area contributed by atoms with Gasteiger partial charge in [0, 0.05) is 0 Å². The van der Waals surface area contributed by atoms with Crippen LogP contribution in [-0.2, 0) is 10.4 Å². The van der Waals surface area contributed by atoms with Crippen LogP contribution in [0.4, 0.5) is 4.79 Å². The first-order valence-electron chi connectivity index (χ1n) is 4.97. The molecule has 1 unspecified atom stereocenters. The molecule has 0 aliphatic heterocycles. The van der Waals surface area contributed by atoms with E-state index in [4.69, 9.17) is 5.73 Å². The molecule has 0 spiro atoms. The molecule has 3 amide bonds. The van der Waals surface area contributed by atoms with Gasteiger partial charge in [0.05, 0.1) is 6.20 Å². The molecule has 8 nitrogen and oxygen atoms in total. The van der Waals surface area contributed by atoms with Gasteiger partial charge in [-0.3, -0.25) is 10.1 Å². The molecule has 1 atom stereocenters. The van der Waals surface area contributed by atoms with E-state index in [1.807, 2.05) is 5.32 Å². The van der Waals surface area contributed by atoms with E-state index in [0.29, 0.717) is 5.69 Å². The predicted molar refractivity (Wildman–Crippen MR) is 57.7 cm³/mol. The van der Waals surface area contributed by atoms with Gasteiger partial charge in [-0.05, 0) is 20.8 Å². The van der Waals surface area contributed by atoms with E-state index in [1.54, 1.807) is 13.8 Å². The zero-order valence-electron chi connectivity index (χ0n) is 9.84. The molecule has 0 saturated carbocycles. The van der Waals surface area contributed by atoms with Gasteiger partial charge < -0.3 is 10.8 Å². The highest BCUT2D eigenvalue weighted by atomic mass is 16.3. The summed E-state index contributed by atoms with van der Waals surface area (Å²) in [5.41, 5.74) is 4.02. The lowest BCUT2D eigenvalue weighted by molar-refractivity contribution is -0.123. The normalized spacial score (nSPS) is 13.2. The Kier molecular flexibility index (Phi) is 3.47. The summed E-state index contributed by atoms with van der Waals surface area (Å²) in [5.74, 6) is -0.593. The van der Waals surface area contributed by atoms with Gasteiger partial charge in [0.15, 0.2) is 0 Å². The second kappa shape index (κ2) is 4.50. The number of nitrogens with two attached hydrogens (primary N) is 1. The largest absolute Gasteiger partial charge is 0.384 e. The van der Waals surface area contributed by atoms with Gasteiger partial charge in [-0.15, -0.1) is 5.10 Å². The van der Waals surface area contributed by atoms with Gasteiger partial charge in [0.2, 0.25) is 0 Å². The average molecular weight is 241 g/mol. The summed E-state index contributed by atoms with van der Waals surface area (Å²) in [6.45, 7) is 4.63. The average Bonchev–Trinajstić information content (AvgIpc) is 2.63. The van der Waals surface area contributed by atoms with Crippen molar-refractivity contribution in [2.24, 2.45) is 5.73 Å². The number of aliphatic hydroxyl groups is 1. The van der Waals surface area contributed by atoms with Crippen molar-refractivity contribution in [2.75, 3.05) is 0 Å². The molecule has 0 bridgehead atoms. The molecule has 17 heavy (non-hydrogen) atoms. The Hall–Kier alpha value is -1.96. The van der Waals surface area contributed by atoms with E-state index in [2.05, 4.69) is 10.3 Å². The van der Waals surface area contributed by atoms with Crippen molar-refractivity contribution in [1.82, 2.24) is 20.3 Å². The zero-order valence-corrected chi connectivity index (χ0v) is 9.84. The highest BCUT2D eigenvalue weighted by molar-refractivity contribution is 5.95. The van der Waals surface area contributed by atoms with Crippen molar-refractivity contribution < 1.29 is 14.7 Å². The number of nitrogens with zero attached hydrogens (tertiary/aromatic N) is 3. The maximum absolute atomic E-state index is 11.4. The quantitative estimate of drug-likeness (QED) is 0.643. The van der Waals surface area contributed by atoms with Crippen LogP contribution in [-0.4, -0.2) is 32.0 Å². The lowest BCUT2D eigenvalue weighted by Gasteiger charge is -2.12. The Morgan fingerprint density at radius 1 is 1.59 bits per heavy atom. The van der Waals surface area contributed by atoms with Crippen molar-refractivity contribution >= 4 is 11.9 Å². The fraction of sp³-hybridized carbons (Fsp3) is 0.556. The first kappa shape index (κ1) is 13.1. The molecule has 1 aromatic rings. The molecule has 4 N–H and O–H groups in total. The van der Waals surface area contributed by atoms with E-state index in [0.717, 1.165) is 0 Å². The Morgan fingerprint density at radius 2 is 2.18 bits per heavy atom. The van der Waals surface area contributed by atoms with Crippen LogP contribution in [0.25, 0.3) is 0 Å². The Labute approximate surface area is 97.8 Å². The number of aromatic nitrogens is 3. The molecule has 1 rings (SSSR count). The molecule has 0 aliphatic carbocycles. The van der Waals surface area contributed by atoms with Gasteiger partial charge in [0.25, 0.3) is 5.91 Å². The van der Waals surface area contributed by atoms with Crippen LogP contribution in [0, 0.1) is 0 Å². The van der Waals surface area contributed by atoms with Crippen LogP contribution in [0.2, 0.25) is 0 Å². The van der Waals surface area contributed by atoms with Crippen LogP contribution in [0.15, 0.2) is 6.20 Å². The Balaban J connectivity index is 2.83. The van der Waals surface area contributed by atoms with Gasteiger partial charge in [-0.25, -0.2) is 9.48 Å². The highest BCUT2D eigenvalue weighted by Gasteiger charge is 2.23. The molecular formula is C9H15N5O3. The second-order valence-electron chi connectivity index (χ2n) is 4.17. The predicted octanol–water partition coefficient (Wildman–Crippen LogP) is -0.739. The minimum Gasteiger partial charge on any atom is -0.384 e. The van der Waals surface area contributed by atoms with E-state index in [9.17, 15) is 14.7 Å². The number of carbonyl (C=O) groups excluding carboxylic acids is 2. The molecule has 94 valence electrons. The summed E-state index contributed by atoms with van der Waals surface area (Å²) in [5, 5.41) is 19.1. The summed E-state index contributed by atoms with van der Waals surface area (Å²) < 4.78 is 1.24. The molecule has 0 aliphatic rings. The van der Waals surface area contributed by atoms with Crippen LogP contribution in [0.3, 0.4) is 0 Å². The Morgan fingerprint density at radius 3 is 2.59 bits per heavy atom. The minimum absolute atomic E-state index is 0.330. The second-order valence-corrected chi connectivity index (χ2v) is 4.17. The van der Waals surface area contributed by atoms with Crippen LogP contribution < -0.4 is 11.1 Å². The van der Waals surface area contributed by atoms with Gasteiger partial charge in [-0.2, -0.15) is 0 Å². The highest BCUT2D eigenvalue weighted by Crippen LogP contribution is 2.17. The summed E-state index contributed by atoms with van der Waals surface area (Å²) >= 11 is 0. The van der Waals surface area contributed by atoms with Gasteiger partial charge in [0.1, 0.15) is 17.3 Å². The van der Waals surface area contributed by atoms with E-state index in [-0.39, 0.29) is 0 Å². The van der Waals surface area contributed by atoms with Gasteiger partial charge in [-0.1, -0.05) is 5.21 Å². The third kappa shape index (κ3) is 3.25. The number of imide groups is 1. The smallest absolute Gasteiger partial charge is 0.318 e. The number of amides is 3. The summed E-state index contributed by atoms with van der Waals surface area (Å²) in [7, 11) is 0. The molecule has 0 saturated heterocycles. The third-order valence-electron chi connectivity index (χ3n) is 2.16. The SMILES string of the molecule is CC(C(=O)NC(N)=O)n1cc(C(C)(C)O)nn1. The summed E-state index contributed by atoms with van der Waals surface area (Å²) in [4.78, 5) is 22.0. The lowest BCUT2D eigenvalue weighted by Crippen LogP contribution is -2.39. The molecule has 1 aromatic heterocycles. The zero-order chi connectivity index (χ0) is 13.2. The van der Waals surface area contributed by atoms with Crippen molar-refractivity contribution in [2.45, 2.75) is 32.4 Å². The summed E-state index contributed by atoms with van der Waals surface area (Å²) in [6, 6.07) is -1.67. The van der Waals surface area contributed by atoms with Crippen molar-refractivity contribution in [3.05, 3.63) is 11.9 Å². The minimum atomic E-state index is -1.14. The maximum atomic E-state index is 11.4. The van der Waals surface area contributed by atoms with Crippen molar-refractivity contribution in [1.29, 1.82) is 0 Å². The van der Waals surface area contributed by atoms with E-state index < -0.39 is 23.6 Å². The topological polar surface area (TPSA) is 123 Å². The maximum Gasteiger partial charge on any atom is 0.318 e. The molecule has 0 aromatic carbocycles. The molecule has 1 heterocycles. The van der Waals surface area contributed by atoms with Crippen LogP contribution >= 0.6 is 0 Å². The van der Waals surface area contributed by atoms with Crippen LogP contribution in [0.1, 0.15) is 32.5 Å². The Bertz CT molecular complexity index is 434. The molecule has 8 heteroatoms. The number of carbonyl (C=O) groups is 2. The van der Waals surface area contributed by atoms with E-state index >= 15 is 0 Å². The van der Waals surface area contributed by atoms with Gasteiger partial charge >= 0.3 is 6.03 Å². The van der Waals surface area contributed by atoms with Crippen molar-refractivity contribution in [3.8, 4) is 0 Å². The number of hydrogen-bond acceptors (Lipinski definition) is 5. The number of hydrogen-bond donors (Lipinski definition) is 3. The fourth-order valence-corrected chi connectivity index (χ4v) is 1.09. The van der Waals surface area contributed by atoms with E-state index in [1.165, 1.54) is 17.8 Å². The third-order valence-corrected chi connectivity index (χ3v) is 2.16. The molecule has 0 fully saturated rings. The number of nitrogens with one attached hydrogen (secondary N) is 1. The first-order valence-corrected chi connectivity index (χ1v) is 4.97. The first-order chi connectivity index (χ1) is 7.71. The molecular weight excluding hydrogens is 226 g/mol. The number of rotatable bonds is 3. The number of primary amides is 1. The molecule has 0 radical (unpaired) electrons. The number of urea groups is 1. The lowest BCUT2D eigenvalue weighted by atomic mass is 10.1. The fourth-order valence-electron chi connectivity index (χ4n) is 1.09. The standard InChI is InChI=1S/C9H15N5O3/c1-5(7(15)11-8(10)16)14-4-6(12-13-14)9(2,3)17/h4-5,17H,1-3H3,(H3,10,11,15,16). The van der Waals surface area contributed by atoms with Crippen LogP contribution in [0.5, 0.6) is 0 Å². The van der Waals surface area contributed by atoms with Crippen molar-refractivity contribution in [3.63, 3.8) is 0 Å².